The Balaban J connectivity index is 0.00000364. The normalized spacial score (nSPS) is 11.0. The molecule has 0 amide bonds. The van der Waals surface area contributed by atoms with Crippen LogP contribution in [-0.2, 0) is 16.5 Å². The molecule has 142 valence electrons. The Bertz CT molecular complexity index is 821. The molecule has 0 aromatic heterocycles. The van der Waals surface area contributed by atoms with Gasteiger partial charge in [0.05, 0.1) is 4.90 Å². The standard InChI is InChI=1S/C20H26O5S.Na/c1-2-3-4-5-6-7-10-16-15-17(26(22,23)24)13-14-19(16)25-20-12-9-8-11-18(20)21;/h8-9,11-15,21H,2-7,10H2,1H3,(H,22,23,24);/q;+1/p-1. The third kappa shape index (κ3) is 7.84. The molecule has 2 aromatic rings. The van der Waals surface area contributed by atoms with Crippen LogP contribution in [0.1, 0.15) is 51.0 Å². The molecule has 0 unspecified atom stereocenters. The summed E-state index contributed by atoms with van der Waals surface area (Å²) in [4.78, 5) is -0.166. The SMILES string of the molecule is CCCCCCCCc1cc(S(=O)(=O)O)ccc1Oc1ccccc1[O-].[Na+]. The Hall–Kier alpha value is -1.05. The summed E-state index contributed by atoms with van der Waals surface area (Å²) in [6.07, 6.45) is 7.25. The van der Waals surface area contributed by atoms with Gasteiger partial charge in [-0.05, 0) is 42.7 Å². The number of benzene rings is 2. The first kappa shape index (κ1) is 24.0. The van der Waals surface area contributed by atoms with Crippen LogP contribution in [0.3, 0.4) is 0 Å². The van der Waals surface area contributed by atoms with Crippen molar-refractivity contribution in [3.8, 4) is 17.2 Å². The predicted octanol–water partition coefficient (Wildman–Crippen LogP) is 1.71. The molecule has 1 N–H and O–H groups in total. The molecule has 2 aromatic carbocycles. The van der Waals surface area contributed by atoms with E-state index in [1.165, 1.54) is 43.5 Å². The Labute approximate surface area is 183 Å². The van der Waals surface area contributed by atoms with Crippen molar-refractivity contribution in [2.24, 2.45) is 0 Å². The van der Waals surface area contributed by atoms with Crippen molar-refractivity contribution >= 4 is 10.1 Å². The van der Waals surface area contributed by atoms with Crippen LogP contribution < -0.4 is 39.4 Å². The second kappa shape index (κ2) is 11.7. The maximum absolute atomic E-state index is 11.9. The van der Waals surface area contributed by atoms with Gasteiger partial charge in [0.1, 0.15) is 11.5 Å². The van der Waals surface area contributed by atoms with E-state index >= 15 is 0 Å². The number of hydrogen-bond donors (Lipinski definition) is 1. The maximum atomic E-state index is 11.9. The second-order valence-corrected chi connectivity index (χ2v) is 7.73. The van der Waals surface area contributed by atoms with Crippen molar-refractivity contribution < 1.29 is 52.4 Å². The van der Waals surface area contributed by atoms with Gasteiger partial charge in [0, 0.05) is 0 Å². The third-order valence-electron chi connectivity index (χ3n) is 4.20. The van der Waals surface area contributed by atoms with Gasteiger partial charge < -0.3 is 9.84 Å². The predicted molar refractivity (Wildman–Crippen MR) is 99.3 cm³/mol. The largest absolute Gasteiger partial charge is 1.00 e. The van der Waals surface area contributed by atoms with Gasteiger partial charge in [0.15, 0.2) is 0 Å². The van der Waals surface area contributed by atoms with Crippen LogP contribution in [0.4, 0.5) is 0 Å². The molecule has 27 heavy (non-hydrogen) atoms. The summed E-state index contributed by atoms with van der Waals surface area (Å²) in [5.41, 5.74) is 0.666. The van der Waals surface area contributed by atoms with E-state index in [0.29, 0.717) is 17.7 Å². The molecule has 0 fully saturated rings. The van der Waals surface area contributed by atoms with E-state index in [9.17, 15) is 18.1 Å². The molecule has 0 saturated heterocycles. The fourth-order valence-corrected chi connectivity index (χ4v) is 3.29. The maximum Gasteiger partial charge on any atom is 1.00 e. The first-order chi connectivity index (χ1) is 12.4. The van der Waals surface area contributed by atoms with Gasteiger partial charge in [-0.2, -0.15) is 8.42 Å². The molecule has 0 bridgehead atoms. The Morgan fingerprint density at radius 3 is 2.30 bits per heavy atom. The van der Waals surface area contributed by atoms with Crippen LogP contribution in [-0.4, -0.2) is 13.0 Å². The molecule has 0 spiro atoms. The second-order valence-electron chi connectivity index (χ2n) is 6.31. The number of aryl methyl sites for hydroxylation is 1. The van der Waals surface area contributed by atoms with Gasteiger partial charge in [-0.15, -0.1) is 0 Å². The molecule has 2 rings (SSSR count). The zero-order valence-corrected chi connectivity index (χ0v) is 18.8. The van der Waals surface area contributed by atoms with E-state index in [2.05, 4.69) is 6.92 Å². The molecular weight excluding hydrogens is 375 g/mol. The van der Waals surface area contributed by atoms with Crippen LogP contribution in [0.5, 0.6) is 17.2 Å². The fraction of sp³-hybridized carbons (Fsp3) is 0.400. The molecule has 7 heteroatoms. The first-order valence-corrected chi connectivity index (χ1v) is 10.4. The average molecular weight is 400 g/mol. The van der Waals surface area contributed by atoms with Gasteiger partial charge in [-0.3, -0.25) is 4.55 Å². The van der Waals surface area contributed by atoms with Gasteiger partial charge in [-0.25, -0.2) is 0 Å². The summed E-state index contributed by atoms with van der Waals surface area (Å²) in [5, 5.41) is 11.9. The van der Waals surface area contributed by atoms with Gasteiger partial charge >= 0.3 is 29.6 Å². The summed E-state index contributed by atoms with van der Waals surface area (Å²) in [6, 6.07) is 10.5. The summed E-state index contributed by atoms with van der Waals surface area (Å²) in [5.74, 6) is 0.391. The van der Waals surface area contributed by atoms with E-state index in [0.717, 1.165) is 19.3 Å². The van der Waals surface area contributed by atoms with Gasteiger partial charge in [0.2, 0.25) is 0 Å². The first-order valence-electron chi connectivity index (χ1n) is 8.96. The minimum absolute atomic E-state index is 0. The molecule has 5 nitrogen and oxygen atoms in total. The minimum Gasteiger partial charge on any atom is -0.870 e. The molecule has 0 radical (unpaired) electrons. The van der Waals surface area contributed by atoms with E-state index < -0.39 is 10.1 Å². The zero-order chi connectivity index (χ0) is 19.0. The van der Waals surface area contributed by atoms with Crippen molar-refractivity contribution in [3.05, 3.63) is 48.0 Å². The Kier molecular flexibility index (Phi) is 10.4. The summed E-state index contributed by atoms with van der Waals surface area (Å²) in [6.45, 7) is 2.16. The van der Waals surface area contributed by atoms with E-state index in [1.807, 2.05) is 0 Å². The summed E-state index contributed by atoms with van der Waals surface area (Å²) >= 11 is 0. The molecular formula is C20H25NaO5S. The average Bonchev–Trinajstić information content (AvgIpc) is 2.60. The van der Waals surface area contributed by atoms with Crippen molar-refractivity contribution in [2.45, 2.75) is 56.8 Å². The Morgan fingerprint density at radius 2 is 1.63 bits per heavy atom. The number of ether oxygens (including phenoxy) is 1. The quantitative estimate of drug-likeness (QED) is 0.373. The summed E-state index contributed by atoms with van der Waals surface area (Å²) in [7, 11) is -4.28. The summed E-state index contributed by atoms with van der Waals surface area (Å²) < 4.78 is 37.8. The topological polar surface area (TPSA) is 86.7 Å². The Morgan fingerprint density at radius 1 is 0.963 bits per heavy atom. The third-order valence-corrected chi connectivity index (χ3v) is 5.05. The molecule has 0 aliphatic rings. The van der Waals surface area contributed by atoms with Gasteiger partial charge in [-0.1, -0.05) is 63.0 Å². The minimum atomic E-state index is -4.28. The number of hydrogen-bond acceptors (Lipinski definition) is 4. The van der Waals surface area contributed by atoms with Crippen molar-refractivity contribution in [1.82, 2.24) is 0 Å². The van der Waals surface area contributed by atoms with E-state index in [-0.39, 0.29) is 46.0 Å². The van der Waals surface area contributed by atoms with Crippen LogP contribution in [0.25, 0.3) is 0 Å². The van der Waals surface area contributed by atoms with Crippen LogP contribution >= 0.6 is 0 Å². The van der Waals surface area contributed by atoms with Crippen molar-refractivity contribution in [3.63, 3.8) is 0 Å². The molecule has 0 aliphatic heterocycles. The smallest absolute Gasteiger partial charge is 0.870 e. The number of unbranched alkanes of at least 4 members (excludes halogenated alkanes) is 5. The van der Waals surface area contributed by atoms with Crippen molar-refractivity contribution in [1.29, 1.82) is 0 Å². The van der Waals surface area contributed by atoms with E-state index in [4.69, 9.17) is 4.74 Å². The van der Waals surface area contributed by atoms with Crippen LogP contribution in [0.15, 0.2) is 47.4 Å². The van der Waals surface area contributed by atoms with E-state index in [1.54, 1.807) is 18.2 Å². The van der Waals surface area contributed by atoms with Crippen LogP contribution in [0, 0.1) is 0 Å². The molecule has 0 atom stereocenters. The fourth-order valence-electron chi connectivity index (χ4n) is 2.76. The van der Waals surface area contributed by atoms with Crippen molar-refractivity contribution in [2.75, 3.05) is 0 Å². The molecule has 0 heterocycles. The molecule has 0 saturated carbocycles. The number of para-hydroxylation sites is 2. The number of rotatable bonds is 10. The monoisotopic (exact) mass is 400 g/mol. The van der Waals surface area contributed by atoms with Gasteiger partial charge in [0.25, 0.3) is 10.1 Å². The van der Waals surface area contributed by atoms with Crippen LogP contribution in [0.2, 0.25) is 0 Å². The molecule has 0 aliphatic carbocycles. The zero-order valence-electron chi connectivity index (χ0n) is 16.0.